The summed E-state index contributed by atoms with van der Waals surface area (Å²) >= 11 is 5.31. The number of hydrogen-bond acceptors (Lipinski definition) is 1. The molecule has 0 saturated carbocycles. The second-order valence-electron chi connectivity index (χ2n) is 4.39. The Kier molecular flexibility index (Phi) is 4.74. The van der Waals surface area contributed by atoms with Crippen molar-refractivity contribution in [1.82, 2.24) is 10.2 Å². The van der Waals surface area contributed by atoms with Crippen molar-refractivity contribution in [2.75, 3.05) is 7.05 Å². The summed E-state index contributed by atoms with van der Waals surface area (Å²) in [5, 5.41) is 4.04. The minimum atomic E-state index is 0.381. The highest BCUT2D eigenvalue weighted by Crippen LogP contribution is 2.09. The van der Waals surface area contributed by atoms with Crippen molar-refractivity contribution in [1.29, 1.82) is 0 Å². The number of hydrogen-bond donors (Lipinski definition) is 1. The van der Waals surface area contributed by atoms with E-state index in [0.29, 0.717) is 6.04 Å². The molecule has 0 bridgehead atoms. The van der Waals surface area contributed by atoms with E-state index in [-0.39, 0.29) is 0 Å². The molecule has 1 aromatic rings. The molecule has 16 heavy (non-hydrogen) atoms. The molecule has 3 heteroatoms. The summed E-state index contributed by atoms with van der Waals surface area (Å²) in [7, 11) is 2.02. The van der Waals surface area contributed by atoms with Gasteiger partial charge in [-0.2, -0.15) is 0 Å². The van der Waals surface area contributed by atoms with Crippen LogP contribution in [0.1, 0.15) is 25.0 Å². The van der Waals surface area contributed by atoms with E-state index in [1.807, 2.05) is 7.05 Å². The van der Waals surface area contributed by atoms with Crippen LogP contribution >= 0.6 is 12.2 Å². The summed E-state index contributed by atoms with van der Waals surface area (Å²) in [5.74, 6) is 0. The van der Waals surface area contributed by atoms with Crippen LogP contribution in [-0.2, 0) is 6.54 Å². The highest BCUT2D eigenvalue weighted by atomic mass is 32.1. The van der Waals surface area contributed by atoms with Crippen LogP contribution in [0.3, 0.4) is 0 Å². The van der Waals surface area contributed by atoms with Gasteiger partial charge in [0.2, 0.25) is 0 Å². The van der Waals surface area contributed by atoms with Crippen LogP contribution in [-0.4, -0.2) is 23.1 Å². The van der Waals surface area contributed by atoms with Crippen LogP contribution in [0.5, 0.6) is 0 Å². The summed E-state index contributed by atoms with van der Waals surface area (Å²) in [5.41, 5.74) is 2.62. The van der Waals surface area contributed by atoms with Crippen molar-refractivity contribution >= 4 is 17.3 Å². The Bertz CT molecular complexity index is 361. The van der Waals surface area contributed by atoms with Crippen molar-refractivity contribution in [3.05, 3.63) is 35.4 Å². The summed E-state index contributed by atoms with van der Waals surface area (Å²) in [4.78, 5) is 2.07. The predicted octanol–water partition coefficient (Wildman–Crippen LogP) is 2.71. The molecule has 0 aromatic heterocycles. The van der Waals surface area contributed by atoms with Gasteiger partial charge in [0.05, 0.1) is 0 Å². The molecular weight excluding hydrogens is 216 g/mol. The third-order valence-corrected chi connectivity index (χ3v) is 2.86. The van der Waals surface area contributed by atoms with Crippen LogP contribution in [0, 0.1) is 6.92 Å². The number of aryl methyl sites for hydroxylation is 1. The second kappa shape index (κ2) is 5.85. The first kappa shape index (κ1) is 13.0. The molecule has 0 heterocycles. The van der Waals surface area contributed by atoms with Gasteiger partial charge in [-0.15, -0.1) is 0 Å². The highest BCUT2D eigenvalue weighted by molar-refractivity contribution is 7.80. The van der Waals surface area contributed by atoms with Crippen molar-refractivity contribution < 1.29 is 0 Å². The molecule has 1 rings (SSSR count). The van der Waals surface area contributed by atoms with E-state index in [0.717, 1.165) is 11.7 Å². The zero-order valence-corrected chi connectivity index (χ0v) is 11.3. The lowest BCUT2D eigenvalue weighted by Crippen LogP contribution is -2.40. The van der Waals surface area contributed by atoms with Gasteiger partial charge in [0.15, 0.2) is 5.11 Å². The monoisotopic (exact) mass is 236 g/mol. The molecule has 0 amide bonds. The molecule has 0 spiro atoms. The quantitative estimate of drug-likeness (QED) is 0.812. The Morgan fingerprint density at radius 2 is 2.00 bits per heavy atom. The van der Waals surface area contributed by atoms with Crippen LogP contribution in [0.15, 0.2) is 24.3 Å². The number of benzene rings is 1. The maximum Gasteiger partial charge on any atom is 0.169 e. The summed E-state index contributed by atoms with van der Waals surface area (Å²) in [6.45, 7) is 7.16. The second-order valence-corrected chi connectivity index (χ2v) is 4.77. The van der Waals surface area contributed by atoms with Gasteiger partial charge in [0.1, 0.15) is 0 Å². The fourth-order valence-electron chi connectivity index (χ4n) is 1.47. The van der Waals surface area contributed by atoms with Gasteiger partial charge >= 0.3 is 0 Å². The zero-order valence-electron chi connectivity index (χ0n) is 10.4. The predicted molar refractivity (Wildman–Crippen MR) is 73.5 cm³/mol. The number of nitrogens with one attached hydrogen (secondary N) is 1. The zero-order chi connectivity index (χ0) is 12.1. The molecule has 0 unspecified atom stereocenters. The van der Waals surface area contributed by atoms with E-state index < -0.39 is 0 Å². The third-order valence-electron chi connectivity index (χ3n) is 2.43. The Morgan fingerprint density at radius 1 is 1.38 bits per heavy atom. The molecule has 0 radical (unpaired) electrons. The van der Waals surface area contributed by atoms with Crippen LogP contribution in [0.4, 0.5) is 0 Å². The molecule has 2 nitrogen and oxygen atoms in total. The SMILES string of the molecule is Cc1ccccc1CN(C)C(=S)NC(C)C. The lowest BCUT2D eigenvalue weighted by molar-refractivity contribution is 0.479. The molecule has 1 N–H and O–H groups in total. The van der Waals surface area contributed by atoms with E-state index in [9.17, 15) is 0 Å². The lowest BCUT2D eigenvalue weighted by atomic mass is 10.1. The van der Waals surface area contributed by atoms with Gasteiger partial charge in [0, 0.05) is 19.6 Å². The third kappa shape index (κ3) is 3.81. The molecule has 88 valence electrons. The molecule has 0 aliphatic rings. The first-order chi connectivity index (χ1) is 7.50. The van der Waals surface area contributed by atoms with E-state index in [1.165, 1.54) is 11.1 Å². The Balaban J connectivity index is 2.61. The van der Waals surface area contributed by atoms with E-state index >= 15 is 0 Å². The largest absolute Gasteiger partial charge is 0.360 e. The maximum atomic E-state index is 5.31. The van der Waals surface area contributed by atoms with E-state index in [4.69, 9.17) is 12.2 Å². The van der Waals surface area contributed by atoms with Crippen LogP contribution < -0.4 is 5.32 Å². The van der Waals surface area contributed by atoms with Crippen molar-refractivity contribution in [3.63, 3.8) is 0 Å². The van der Waals surface area contributed by atoms with Crippen molar-refractivity contribution in [2.24, 2.45) is 0 Å². The number of nitrogens with zero attached hydrogens (tertiary/aromatic N) is 1. The molecule has 0 aliphatic carbocycles. The van der Waals surface area contributed by atoms with Gasteiger partial charge in [-0.05, 0) is 44.1 Å². The molecule has 0 atom stereocenters. The highest BCUT2D eigenvalue weighted by Gasteiger charge is 2.07. The van der Waals surface area contributed by atoms with Gasteiger partial charge in [0.25, 0.3) is 0 Å². The number of rotatable bonds is 3. The maximum absolute atomic E-state index is 5.31. The van der Waals surface area contributed by atoms with Gasteiger partial charge in [-0.1, -0.05) is 24.3 Å². The Labute approximate surface area is 104 Å². The average molecular weight is 236 g/mol. The average Bonchev–Trinajstić information content (AvgIpc) is 2.20. The van der Waals surface area contributed by atoms with Gasteiger partial charge < -0.3 is 10.2 Å². The molecule has 0 fully saturated rings. The minimum absolute atomic E-state index is 0.381. The fraction of sp³-hybridized carbons (Fsp3) is 0.462. The molecule has 0 aliphatic heterocycles. The summed E-state index contributed by atoms with van der Waals surface area (Å²) < 4.78 is 0. The van der Waals surface area contributed by atoms with Crippen molar-refractivity contribution in [3.8, 4) is 0 Å². The normalized spacial score (nSPS) is 10.3. The fourth-order valence-corrected chi connectivity index (χ4v) is 1.77. The van der Waals surface area contributed by atoms with Gasteiger partial charge in [-0.3, -0.25) is 0 Å². The van der Waals surface area contributed by atoms with Crippen molar-refractivity contribution in [2.45, 2.75) is 33.4 Å². The lowest BCUT2D eigenvalue weighted by Gasteiger charge is -2.23. The molecule has 1 aromatic carbocycles. The first-order valence-corrected chi connectivity index (χ1v) is 5.97. The molecular formula is C13H20N2S. The van der Waals surface area contributed by atoms with E-state index in [2.05, 4.69) is 55.3 Å². The first-order valence-electron chi connectivity index (χ1n) is 5.57. The summed E-state index contributed by atoms with van der Waals surface area (Å²) in [6.07, 6.45) is 0. The molecule has 0 saturated heterocycles. The Hall–Kier alpha value is -1.09. The van der Waals surface area contributed by atoms with E-state index in [1.54, 1.807) is 0 Å². The Morgan fingerprint density at radius 3 is 2.56 bits per heavy atom. The van der Waals surface area contributed by atoms with Crippen LogP contribution in [0.25, 0.3) is 0 Å². The summed E-state index contributed by atoms with van der Waals surface area (Å²) in [6, 6.07) is 8.77. The minimum Gasteiger partial charge on any atom is -0.360 e. The smallest absolute Gasteiger partial charge is 0.169 e. The standard InChI is InChI=1S/C13H20N2S/c1-10(2)14-13(16)15(4)9-12-8-6-5-7-11(12)3/h5-8,10H,9H2,1-4H3,(H,14,16). The van der Waals surface area contributed by atoms with Crippen LogP contribution in [0.2, 0.25) is 0 Å². The van der Waals surface area contributed by atoms with Gasteiger partial charge in [-0.25, -0.2) is 0 Å². The number of thiocarbonyl (C=S) groups is 1. The topological polar surface area (TPSA) is 15.3 Å².